The number of likely N-dealkylation sites (tertiary alicyclic amines) is 1. The number of carbonyl (C=O) groups is 3. The molecule has 0 saturated carbocycles. The Morgan fingerprint density at radius 3 is 2.53 bits per heavy atom. The number of rotatable bonds is 17. The van der Waals surface area contributed by atoms with Crippen LogP contribution in [0.3, 0.4) is 0 Å². The number of unbranched alkanes of at least 4 members (excludes halogenated alkanes) is 1. The summed E-state index contributed by atoms with van der Waals surface area (Å²) in [6, 6.07) is 9.35. The topological polar surface area (TPSA) is 95.9 Å². The number of hydrogen-bond acceptors (Lipinski definition) is 5. The van der Waals surface area contributed by atoms with Crippen molar-refractivity contribution in [2.24, 2.45) is 17.8 Å². The van der Waals surface area contributed by atoms with Crippen LogP contribution in [0.25, 0.3) is 0 Å². The molecule has 1 fully saturated rings. The van der Waals surface area contributed by atoms with Gasteiger partial charge in [0, 0.05) is 13.0 Å². The predicted octanol–water partition coefficient (Wildman–Crippen LogP) is 4.45. The maximum absolute atomic E-state index is 13.2. The van der Waals surface area contributed by atoms with Crippen molar-refractivity contribution in [3.8, 4) is 0 Å². The molecular formula is C31H46N2O5. The summed E-state index contributed by atoms with van der Waals surface area (Å²) in [5, 5.41) is 12.6. The molecule has 0 aliphatic carbocycles. The Balaban J connectivity index is 1.99. The van der Waals surface area contributed by atoms with E-state index >= 15 is 0 Å². The van der Waals surface area contributed by atoms with Crippen LogP contribution >= 0.6 is 0 Å². The summed E-state index contributed by atoms with van der Waals surface area (Å²) in [5.74, 6) is -1.45. The molecule has 0 spiro atoms. The molecule has 1 aliphatic heterocycles. The van der Waals surface area contributed by atoms with E-state index in [1.165, 1.54) is 0 Å². The molecule has 1 saturated heterocycles. The van der Waals surface area contributed by atoms with Crippen molar-refractivity contribution in [3.05, 3.63) is 61.2 Å². The average molecular weight is 527 g/mol. The first-order valence-corrected chi connectivity index (χ1v) is 13.9. The minimum absolute atomic E-state index is 0.0255. The van der Waals surface area contributed by atoms with Crippen molar-refractivity contribution in [2.75, 3.05) is 19.8 Å². The zero-order valence-corrected chi connectivity index (χ0v) is 23.1. The van der Waals surface area contributed by atoms with Crippen molar-refractivity contribution < 1.29 is 24.2 Å². The zero-order chi connectivity index (χ0) is 27.9. The van der Waals surface area contributed by atoms with Crippen molar-refractivity contribution in [1.29, 1.82) is 0 Å². The molecule has 2 amide bonds. The Kier molecular flexibility index (Phi) is 13.8. The minimum atomic E-state index is -0.568. The fraction of sp³-hybridized carbons (Fsp3) is 0.581. The van der Waals surface area contributed by atoms with Crippen LogP contribution in [0.1, 0.15) is 64.4 Å². The fourth-order valence-corrected chi connectivity index (χ4v) is 4.87. The normalized spacial score (nSPS) is 17.5. The predicted molar refractivity (Wildman–Crippen MR) is 150 cm³/mol. The quantitative estimate of drug-likeness (QED) is 0.178. The van der Waals surface area contributed by atoms with Crippen LogP contribution in [0.15, 0.2) is 55.6 Å². The van der Waals surface area contributed by atoms with E-state index in [2.05, 4.69) is 18.5 Å². The van der Waals surface area contributed by atoms with Crippen LogP contribution < -0.4 is 5.32 Å². The van der Waals surface area contributed by atoms with E-state index in [-0.39, 0.29) is 61.3 Å². The molecule has 2 rings (SSSR count). The number of benzene rings is 1. The molecule has 0 unspecified atom stereocenters. The number of aliphatic hydroxyl groups is 1. The average Bonchev–Trinajstić information content (AvgIpc) is 3.39. The third-order valence-corrected chi connectivity index (χ3v) is 7.31. The fourth-order valence-electron chi connectivity index (χ4n) is 4.87. The largest absolute Gasteiger partial charge is 0.463 e. The Hall–Kier alpha value is -2.93. The monoisotopic (exact) mass is 526 g/mol. The number of carbonyl (C=O) groups excluding carboxylic acids is 3. The highest BCUT2D eigenvalue weighted by Gasteiger charge is 2.32. The second-order valence-electron chi connectivity index (χ2n) is 10.6. The molecule has 7 nitrogen and oxygen atoms in total. The van der Waals surface area contributed by atoms with E-state index in [4.69, 9.17) is 4.74 Å². The van der Waals surface area contributed by atoms with Crippen LogP contribution in [-0.2, 0) is 25.5 Å². The van der Waals surface area contributed by atoms with Gasteiger partial charge in [-0.25, -0.2) is 0 Å². The van der Waals surface area contributed by atoms with Crippen LogP contribution in [0.2, 0.25) is 0 Å². The third kappa shape index (κ3) is 10.1. The first-order chi connectivity index (χ1) is 18.3. The lowest BCUT2D eigenvalue weighted by Crippen LogP contribution is -2.46. The third-order valence-electron chi connectivity index (χ3n) is 7.31. The molecular weight excluding hydrogens is 480 g/mol. The van der Waals surface area contributed by atoms with Gasteiger partial charge in [0.15, 0.2) is 0 Å². The molecule has 7 heteroatoms. The maximum atomic E-state index is 13.2. The summed E-state index contributed by atoms with van der Waals surface area (Å²) >= 11 is 0. The summed E-state index contributed by atoms with van der Waals surface area (Å²) < 4.78 is 5.76. The lowest BCUT2D eigenvalue weighted by atomic mass is 9.94. The van der Waals surface area contributed by atoms with E-state index in [0.717, 1.165) is 31.2 Å². The highest BCUT2D eigenvalue weighted by molar-refractivity contribution is 5.86. The Morgan fingerprint density at radius 1 is 1.16 bits per heavy atom. The first-order valence-electron chi connectivity index (χ1n) is 13.9. The lowest BCUT2D eigenvalue weighted by molar-refractivity contribution is -0.150. The Labute approximate surface area is 228 Å². The summed E-state index contributed by atoms with van der Waals surface area (Å²) in [7, 11) is 0. The van der Waals surface area contributed by atoms with E-state index in [1.807, 2.05) is 50.3 Å². The molecule has 38 heavy (non-hydrogen) atoms. The highest BCUT2D eigenvalue weighted by atomic mass is 16.5. The van der Waals surface area contributed by atoms with Gasteiger partial charge in [0.1, 0.15) is 6.61 Å². The van der Waals surface area contributed by atoms with Crippen LogP contribution in [0.4, 0.5) is 0 Å². The van der Waals surface area contributed by atoms with Gasteiger partial charge in [-0.1, -0.05) is 56.3 Å². The number of allylic oxidation sites excluding steroid dienone is 2. The molecule has 1 aliphatic rings. The molecule has 1 heterocycles. The number of aliphatic hydroxyl groups excluding tert-OH is 1. The molecule has 0 bridgehead atoms. The molecule has 2 N–H and O–H groups in total. The number of nitrogens with one attached hydrogen (secondary N) is 1. The molecule has 0 aromatic heterocycles. The van der Waals surface area contributed by atoms with Gasteiger partial charge in [0.25, 0.3) is 0 Å². The van der Waals surface area contributed by atoms with Gasteiger partial charge < -0.3 is 20.1 Å². The Bertz CT molecular complexity index is 901. The van der Waals surface area contributed by atoms with Crippen LogP contribution in [0.5, 0.6) is 0 Å². The van der Waals surface area contributed by atoms with Gasteiger partial charge in [0.2, 0.25) is 11.8 Å². The lowest BCUT2D eigenvalue weighted by Gasteiger charge is -2.28. The number of ether oxygens (including phenoxy) is 1. The summed E-state index contributed by atoms with van der Waals surface area (Å²) in [4.78, 5) is 40.9. The number of hydrogen-bond donors (Lipinski definition) is 2. The van der Waals surface area contributed by atoms with E-state index < -0.39 is 5.92 Å². The van der Waals surface area contributed by atoms with Gasteiger partial charge >= 0.3 is 5.97 Å². The van der Waals surface area contributed by atoms with E-state index in [9.17, 15) is 19.5 Å². The van der Waals surface area contributed by atoms with Gasteiger partial charge in [0.05, 0.1) is 30.5 Å². The van der Waals surface area contributed by atoms with Gasteiger partial charge in [-0.15, -0.1) is 13.2 Å². The summed E-state index contributed by atoms with van der Waals surface area (Å²) in [6.07, 6.45) is 8.55. The van der Waals surface area contributed by atoms with Gasteiger partial charge in [-0.05, 0) is 56.4 Å². The maximum Gasteiger partial charge on any atom is 0.309 e. The molecule has 0 radical (unpaired) electrons. The van der Waals surface area contributed by atoms with Crippen molar-refractivity contribution in [1.82, 2.24) is 10.2 Å². The molecule has 210 valence electrons. The highest BCUT2D eigenvalue weighted by Crippen LogP contribution is 2.22. The van der Waals surface area contributed by atoms with Crippen LogP contribution in [0, 0.1) is 17.8 Å². The molecule has 1 aromatic rings. The number of esters is 1. The summed E-state index contributed by atoms with van der Waals surface area (Å²) in [6.45, 7) is 12.1. The number of amides is 2. The molecule has 4 atom stereocenters. The van der Waals surface area contributed by atoms with Crippen molar-refractivity contribution in [2.45, 2.75) is 77.3 Å². The second-order valence-corrected chi connectivity index (χ2v) is 10.6. The van der Waals surface area contributed by atoms with Crippen molar-refractivity contribution >= 4 is 17.8 Å². The van der Waals surface area contributed by atoms with Crippen LogP contribution in [-0.4, -0.2) is 59.6 Å². The van der Waals surface area contributed by atoms with Crippen molar-refractivity contribution in [3.63, 3.8) is 0 Å². The number of nitrogens with zero attached hydrogens (tertiary/aromatic N) is 1. The second kappa shape index (κ2) is 16.8. The standard InChI is InChI=1S/C31H46N2O5/c1-5-7-9-16-26(19-24-14-10-8-11-15-24)31(37)38-22-28(23(3)4)32-30(36)25(13-6-2)20-29(35)33-18-12-17-27(33)21-34/h5-6,8,10-11,14-15,23,25-28,34H,1-2,7,9,12-13,16-22H2,3-4H3,(H,32,36)/t25-,26-,27+,28-/m1/s1. The summed E-state index contributed by atoms with van der Waals surface area (Å²) in [5.41, 5.74) is 1.08. The zero-order valence-electron chi connectivity index (χ0n) is 23.1. The van der Waals surface area contributed by atoms with E-state index in [0.29, 0.717) is 25.8 Å². The van der Waals surface area contributed by atoms with Gasteiger partial charge in [-0.2, -0.15) is 0 Å². The smallest absolute Gasteiger partial charge is 0.309 e. The van der Waals surface area contributed by atoms with E-state index in [1.54, 1.807) is 11.0 Å². The van der Waals surface area contributed by atoms with Gasteiger partial charge in [-0.3, -0.25) is 14.4 Å². The SMILES string of the molecule is C=CCCC[C@H](Cc1ccccc1)C(=O)OC[C@@H](NC(=O)[C@H](CC=C)CC(=O)N1CCC[C@H]1CO)C(C)C. The minimum Gasteiger partial charge on any atom is -0.463 e. The Morgan fingerprint density at radius 2 is 1.89 bits per heavy atom. The molecule has 1 aromatic carbocycles. The first kappa shape index (κ1) is 31.3.